The van der Waals surface area contributed by atoms with Crippen LogP contribution in [0.3, 0.4) is 0 Å². The molecule has 0 bridgehead atoms. The number of rotatable bonds is 1. The number of benzene rings is 1. The molecule has 3 nitrogen and oxygen atoms in total. The first-order valence-electron chi connectivity index (χ1n) is 6.77. The lowest BCUT2D eigenvalue weighted by Gasteiger charge is -2.27. The Hall–Kier alpha value is -1.35. The van der Waals surface area contributed by atoms with Crippen LogP contribution in [-0.2, 0) is 11.2 Å². The maximum absolute atomic E-state index is 11.9. The summed E-state index contributed by atoms with van der Waals surface area (Å²) in [6.45, 7) is 4.31. The number of likely N-dealkylation sites (N-methyl/N-ethyl adjacent to an activating group) is 1. The predicted molar refractivity (Wildman–Crippen MR) is 73.1 cm³/mol. The number of carbonyl (C=O) groups is 1. The Kier molecular flexibility index (Phi) is 2.86. The second-order valence-electron chi connectivity index (χ2n) is 5.52. The molecule has 1 amide bonds. The Bertz CT molecular complexity index is 490. The van der Waals surface area contributed by atoms with E-state index in [9.17, 15) is 4.79 Å². The summed E-state index contributed by atoms with van der Waals surface area (Å²) in [4.78, 5) is 13.7. The molecule has 3 heteroatoms. The van der Waals surface area contributed by atoms with Crippen LogP contribution in [0.25, 0.3) is 0 Å². The quantitative estimate of drug-likeness (QED) is 0.819. The second-order valence-corrected chi connectivity index (χ2v) is 5.52. The molecular weight excluding hydrogens is 224 g/mol. The molecule has 1 aromatic carbocycles. The maximum Gasteiger partial charge on any atom is 0.231 e. The average Bonchev–Trinajstić information content (AvgIpc) is 2.65. The van der Waals surface area contributed by atoms with Crippen LogP contribution in [-0.4, -0.2) is 26.0 Å². The first kappa shape index (κ1) is 11.7. The van der Waals surface area contributed by atoms with E-state index in [1.165, 1.54) is 35.2 Å². The molecule has 3 rings (SSSR count). The Morgan fingerprint density at radius 2 is 2.00 bits per heavy atom. The number of nitrogens with one attached hydrogen (secondary N) is 1. The second kappa shape index (κ2) is 4.39. The minimum Gasteiger partial charge on any atom is -0.317 e. The van der Waals surface area contributed by atoms with Gasteiger partial charge in [0.15, 0.2) is 0 Å². The smallest absolute Gasteiger partial charge is 0.231 e. The normalized spacial score (nSPS) is 20.3. The molecule has 96 valence electrons. The van der Waals surface area contributed by atoms with Crippen LogP contribution < -0.4 is 10.2 Å². The monoisotopic (exact) mass is 244 g/mol. The number of anilines is 1. The van der Waals surface area contributed by atoms with E-state index in [0.29, 0.717) is 12.3 Å². The minimum atomic E-state index is 0.228. The summed E-state index contributed by atoms with van der Waals surface area (Å²) < 4.78 is 0. The Morgan fingerprint density at radius 1 is 1.28 bits per heavy atom. The average molecular weight is 244 g/mol. The van der Waals surface area contributed by atoms with Gasteiger partial charge < -0.3 is 10.2 Å². The van der Waals surface area contributed by atoms with Crippen molar-refractivity contribution in [2.45, 2.75) is 32.1 Å². The van der Waals surface area contributed by atoms with Gasteiger partial charge >= 0.3 is 0 Å². The fraction of sp³-hybridized carbons (Fsp3) is 0.533. The number of carbonyl (C=O) groups excluding carboxylic acids is 1. The SMILES string of the molecule is Cc1cc2c(c(C3CCNCC3)c1)N(C)C(=O)C2. The molecule has 2 aliphatic rings. The van der Waals surface area contributed by atoms with Gasteiger partial charge in [0, 0.05) is 7.05 Å². The van der Waals surface area contributed by atoms with Gasteiger partial charge in [-0.2, -0.15) is 0 Å². The number of nitrogens with zero attached hydrogens (tertiary/aromatic N) is 1. The van der Waals surface area contributed by atoms with Gasteiger partial charge in [-0.15, -0.1) is 0 Å². The Labute approximate surface area is 108 Å². The number of fused-ring (bicyclic) bond motifs is 1. The van der Waals surface area contributed by atoms with Crippen LogP contribution in [0.4, 0.5) is 5.69 Å². The molecule has 0 unspecified atom stereocenters. The largest absolute Gasteiger partial charge is 0.317 e. The molecule has 1 fully saturated rings. The van der Waals surface area contributed by atoms with E-state index < -0.39 is 0 Å². The highest BCUT2D eigenvalue weighted by atomic mass is 16.2. The highest BCUT2D eigenvalue weighted by Crippen LogP contribution is 2.39. The van der Waals surface area contributed by atoms with E-state index in [1.54, 1.807) is 0 Å². The van der Waals surface area contributed by atoms with Gasteiger partial charge in [-0.05, 0) is 49.9 Å². The van der Waals surface area contributed by atoms with Gasteiger partial charge in [-0.3, -0.25) is 4.79 Å². The van der Waals surface area contributed by atoms with Crippen LogP contribution in [0, 0.1) is 6.92 Å². The van der Waals surface area contributed by atoms with Gasteiger partial charge in [-0.25, -0.2) is 0 Å². The molecule has 2 heterocycles. The summed E-state index contributed by atoms with van der Waals surface area (Å²) in [6.07, 6.45) is 2.93. The van der Waals surface area contributed by atoms with Crippen LogP contribution in [0.15, 0.2) is 12.1 Å². The van der Waals surface area contributed by atoms with Crippen molar-refractivity contribution in [3.8, 4) is 0 Å². The van der Waals surface area contributed by atoms with Crippen molar-refractivity contribution in [2.75, 3.05) is 25.0 Å². The van der Waals surface area contributed by atoms with Crippen molar-refractivity contribution in [1.29, 1.82) is 0 Å². The lowest BCUT2D eigenvalue weighted by molar-refractivity contribution is -0.117. The molecule has 0 atom stereocenters. The molecule has 18 heavy (non-hydrogen) atoms. The van der Waals surface area contributed by atoms with E-state index in [-0.39, 0.29) is 5.91 Å². The third-order valence-corrected chi connectivity index (χ3v) is 4.19. The fourth-order valence-electron chi connectivity index (χ4n) is 3.28. The number of piperidine rings is 1. The van der Waals surface area contributed by atoms with E-state index in [1.807, 2.05) is 11.9 Å². The third kappa shape index (κ3) is 1.83. The van der Waals surface area contributed by atoms with Crippen molar-refractivity contribution in [3.05, 3.63) is 28.8 Å². The van der Waals surface area contributed by atoms with Crippen LogP contribution in [0.1, 0.15) is 35.4 Å². The van der Waals surface area contributed by atoms with Gasteiger partial charge in [0.1, 0.15) is 0 Å². The van der Waals surface area contributed by atoms with E-state index >= 15 is 0 Å². The molecule has 1 aromatic rings. The van der Waals surface area contributed by atoms with Crippen molar-refractivity contribution in [3.63, 3.8) is 0 Å². The van der Waals surface area contributed by atoms with Crippen LogP contribution in [0.2, 0.25) is 0 Å². The number of aryl methyl sites for hydroxylation is 1. The zero-order chi connectivity index (χ0) is 12.7. The van der Waals surface area contributed by atoms with Crippen LogP contribution >= 0.6 is 0 Å². The lowest BCUT2D eigenvalue weighted by atomic mass is 9.87. The van der Waals surface area contributed by atoms with Crippen molar-refractivity contribution in [1.82, 2.24) is 5.32 Å². The molecular formula is C15H20N2O. The number of hydrogen-bond acceptors (Lipinski definition) is 2. The molecule has 0 radical (unpaired) electrons. The standard InChI is InChI=1S/C15H20N2O/c1-10-7-12-9-14(18)17(2)15(12)13(8-10)11-3-5-16-6-4-11/h7-8,11,16H,3-6,9H2,1-2H3. The Balaban J connectivity index is 2.06. The van der Waals surface area contributed by atoms with Crippen LogP contribution in [0.5, 0.6) is 0 Å². The van der Waals surface area contributed by atoms with Gasteiger partial charge in [0.2, 0.25) is 5.91 Å². The molecule has 0 aliphatic carbocycles. The maximum atomic E-state index is 11.9. The predicted octanol–water partition coefficient (Wildman–Crippen LogP) is 1.98. The highest BCUT2D eigenvalue weighted by Gasteiger charge is 2.30. The molecule has 0 aromatic heterocycles. The van der Waals surface area contributed by atoms with E-state index in [2.05, 4.69) is 24.4 Å². The van der Waals surface area contributed by atoms with Crippen molar-refractivity contribution >= 4 is 11.6 Å². The van der Waals surface area contributed by atoms with E-state index in [0.717, 1.165) is 13.1 Å². The molecule has 0 saturated carbocycles. The molecule has 1 saturated heterocycles. The zero-order valence-corrected chi connectivity index (χ0v) is 11.1. The highest BCUT2D eigenvalue weighted by molar-refractivity contribution is 6.02. The molecule has 2 aliphatic heterocycles. The van der Waals surface area contributed by atoms with E-state index in [4.69, 9.17) is 0 Å². The summed E-state index contributed by atoms with van der Waals surface area (Å²) in [6, 6.07) is 4.45. The van der Waals surface area contributed by atoms with Gasteiger partial charge in [-0.1, -0.05) is 17.7 Å². The summed E-state index contributed by atoms with van der Waals surface area (Å²) in [5, 5.41) is 3.41. The molecule has 0 spiro atoms. The zero-order valence-electron chi connectivity index (χ0n) is 11.1. The van der Waals surface area contributed by atoms with Crippen molar-refractivity contribution in [2.24, 2.45) is 0 Å². The summed E-state index contributed by atoms with van der Waals surface area (Å²) in [5.74, 6) is 0.832. The molecule has 1 N–H and O–H groups in total. The number of hydrogen-bond donors (Lipinski definition) is 1. The van der Waals surface area contributed by atoms with Gasteiger partial charge in [0.05, 0.1) is 12.1 Å². The summed E-state index contributed by atoms with van der Waals surface area (Å²) in [5.41, 5.74) is 5.08. The first-order valence-corrected chi connectivity index (χ1v) is 6.77. The number of amides is 1. The third-order valence-electron chi connectivity index (χ3n) is 4.19. The lowest BCUT2D eigenvalue weighted by Crippen LogP contribution is -2.28. The van der Waals surface area contributed by atoms with Crippen molar-refractivity contribution < 1.29 is 4.79 Å². The summed E-state index contributed by atoms with van der Waals surface area (Å²) in [7, 11) is 1.91. The summed E-state index contributed by atoms with van der Waals surface area (Å²) >= 11 is 0. The van der Waals surface area contributed by atoms with Gasteiger partial charge in [0.25, 0.3) is 0 Å². The first-order chi connectivity index (χ1) is 8.66. The Morgan fingerprint density at radius 3 is 2.72 bits per heavy atom. The topological polar surface area (TPSA) is 32.3 Å². The minimum absolute atomic E-state index is 0.228. The fourth-order valence-corrected chi connectivity index (χ4v) is 3.28.